The van der Waals surface area contributed by atoms with Crippen LogP contribution >= 0.6 is 0 Å². The molecule has 0 aliphatic carbocycles. The van der Waals surface area contributed by atoms with E-state index in [0.29, 0.717) is 16.8 Å². The molecule has 0 saturated heterocycles. The van der Waals surface area contributed by atoms with Gasteiger partial charge in [0.15, 0.2) is 0 Å². The van der Waals surface area contributed by atoms with Gasteiger partial charge in [-0.1, -0.05) is 13.8 Å². The smallest absolute Gasteiger partial charge is 0.323 e. The largest absolute Gasteiger partial charge is 0.506 e. The van der Waals surface area contributed by atoms with E-state index < -0.39 is 6.04 Å². The highest BCUT2D eigenvalue weighted by Crippen LogP contribution is 2.24. The summed E-state index contributed by atoms with van der Waals surface area (Å²) in [6.45, 7) is 5.52. The molecule has 0 aliphatic rings. The molecule has 3 N–H and O–H groups in total. The van der Waals surface area contributed by atoms with Gasteiger partial charge in [0, 0.05) is 23.9 Å². The minimum Gasteiger partial charge on any atom is -0.506 e. The van der Waals surface area contributed by atoms with Crippen LogP contribution in [0.4, 0.5) is 0 Å². The topological polar surface area (TPSA) is 91.7 Å². The van der Waals surface area contributed by atoms with E-state index >= 15 is 0 Å². The highest BCUT2D eigenvalue weighted by molar-refractivity contribution is 5.75. The molecule has 0 aliphatic heterocycles. The Hall–Kier alpha value is -1.66. The predicted molar refractivity (Wildman–Crippen MR) is 74.0 cm³/mol. The van der Waals surface area contributed by atoms with Crippen molar-refractivity contribution in [3.05, 3.63) is 23.0 Å². The van der Waals surface area contributed by atoms with Gasteiger partial charge in [0.05, 0.1) is 19.4 Å². The van der Waals surface area contributed by atoms with Crippen LogP contribution in [0.1, 0.15) is 30.7 Å². The van der Waals surface area contributed by atoms with Crippen LogP contribution in [0.2, 0.25) is 0 Å². The lowest BCUT2D eigenvalue weighted by Crippen LogP contribution is -2.41. The number of carbonyl (C=O) groups excluding carboxylic acids is 1. The van der Waals surface area contributed by atoms with E-state index in [1.54, 1.807) is 6.92 Å². The second-order valence-corrected chi connectivity index (χ2v) is 4.98. The molecule has 1 heterocycles. The van der Waals surface area contributed by atoms with E-state index in [1.165, 1.54) is 13.3 Å². The second kappa shape index (κ2) is 7.21. The fraction of sp³-hybridized carbons (Fsp3) is 0.571. The minimum atomic E-state index is -0.473. The van der Waals surface area contributed by atoms with Crippen LogP contribution in [0.25, 0.3) is 0 Å². The number of ether oxygens (including phenoxy) is 1. The van der Waals surface area contributed by atoms with Gasteiger partial charge in [0.1, 0.15) is 11.8 Å². The van der Waals surface area contributed by atoms with E-state index in [2.05, 4.69) is 10.3 Å². The Morgan fingerprint density at radius 1 is 1.50 bits per heavy atom. The van der Waals surface area contributed by atoms with Crippen LogP contribution in [-0.4, -0.2) is 34.3 Å². The summed E-state index contributed by atoms with van der Waals surface area (Å²) in [6.07, 6.45) is 1.52. The fourth-order valence-corrected chi connectivity index (χ4v) is 1.95. The Balaban J connectivity index is 2.93. The molecule has 1 unspecified atom stereocenters. The molecule has 6 heteroatoms. The lowest BCUT2D eigenvalue weighted by atomic mass is 10.0. The molecule has 1 aromatic rings. The summed E-state index contributed by atoms with van der Waals surface area (Å²) in [5, 5.41) is 22.4. The van der Waals surface area contributed by atoms with Gasteiger partial charge in [-0.3, -0.25) is 15.1 Å². The summed E-state index contributed by atoms with van der Waals surface area (Å²) in [6, 6.07) is -0.473. The molecule has 0 amide bonds. The standard InChI is InChI=1S/C14H22N2O4/c1-8(2)12(14(19)20-4)16-6-11-10(7-17)5-15-9(3)13(11)18/h5,8,12,16-18H,6-7H2,1-4H3. The van der Waals surface area contributed by atoms with Crippen molar-refractivity contribution in [3.8, 4) is 5.75 Å². The Labute approximate surface area is 118 Å². The number of nitrogens with one attached hydrogen (secondary N) is 1. The van der Waals surface area contributed by atoms with E-state index in [4.69, 9.17) is 4.74 Å². The average molecular weight is 282 g/mol. The second-order valence-electron chi connectivity index (χ2n) is 4.98. The normalized spacial score (nSPS) is 12.5. The van der Waals surface area contributed by atoms with Crippen LogP contribution in [-0.2, 0) is 22.7 Å². The van der Waals surface area contributed by atoms with E-state index in [1.807, 2.05) is 13.8 Å². The zero-order valence-electron chi connectivity index (χ0n) is 12.3. The van der Waals surface area contributed by atoms with Crippen molar-refractivity contribution in [1.82, 2.24) is 10.3 Å². The molecule has 0 radical (unpaired) electrons. The van der Waals surface area contributed by atoms with Crippen molar-refractivity contribution in [1.29, 1.82) is 0 Å². The minimum absolute atomic E-state index is 0.0384. The third kappa shape index (κ3) is 3.68. The van der Waals surface area contributed by atoms with Gasteiger partial charge in [0.25, 0.3) is 0 Å². The first-order chi connectivity index (χ1) is 9.42. The molecule has 1 aromatic heterocycles. The van der Waals surface area contributed by atoms with E-state index in [0.717, 1.165) is 0 Å². The summed E-state index contributed by atoms with van der Waals surface area (Å²) >= 11 is 0. The average Bonchev–Trinajstić information content (AvgIpc) is 2.42. The number of aromatic nitrogens is 1. The van der Waals surface area contributed by atoms with Gasteiger partial charge in [-0.2, -0.15) is 0 Å². The number of esters is 1. The van der Waals surface area contributed by atoms with Crippen molar-refractivity contribution in [2.45, 2.75) is 40.0 Å². The van der Waals surface area contributed by atoms with Gasteiger partial charge in [0.2, 0.25) is 0 Å². The number of carbonyl (C=O) groups is 1. The van der Waals surface area contributed by atoms with Gasteiger partial charge < -0.3 is 14.9 Å². The van der Waals surface area contributed by atoms with E-state index in [-0.39, 0.29) is 30.8 Å². The molecule has 1 rings (SSSR count). The fourth-order valence-electron chi connectivity index (χ4n) is 1.95. The number of nitrogens with zero attached hydrogens (tertiary/aromatic N) is 1. The zero-order valence-corrected chi connectivity index (χ0v) is 12.3. The first kappa shape index (κ1) is 16.4. The molecule has 0 bridgehead atoms. The summed E-state index contributed by atoms with van der Waals surface area (Å²) in [5.74, 6) is -0.266. The highest BCUT2D eigenvalue weighted by atomic mass is 16.5. The Morgan fingerprint density at radius 3 is 2.65 bits per heavy atom. The van der Waals surface area contributed by atoms with Crippen LogP contribution < -0.4 is 5.32 Å². The van der Waals surface area contributed by atoms with Crippen molar-refractivity contribution in [2.24, 2.45) is 5.92 Å². The lowest BCUT2D eigenvalue weighted by molar-refractivity contribution is -0.144. The molecule has 0 spiro atoms. The predicted octanol–water partition coefficient (Wildman–Crippen LogP) is 0.875. The summed E-state index contributed by atoms with van der Waals surface area (Å²) in [4.78, 5) is 15.7. The van der Waals surface area contributed by atoms with Gasteiger partial charge in [-0.15, -0.1) is 0 Å². The number of aliphatic hydroxyl groups is 1. The van der Waals surface area contributed by atoms with Crippen molar-refractivity contribution >= 4 is 5.97 Å². The number of hydrogen-bond acceptors (Lipinski definition) is 6. The zero-order chi connectivity index (χ0) is 15.3. The molecule has 1 atom stereocenters. The van der Waals surface area contributed by atoms with Crippen LogP contribution in [0, 0.1) is 12.8 Å². The molecule has 112 valence electrons. The van der Waals surface area contributed by atoms with Gasteiger partial charge in [-0.05, 0) is 12.8 Å². The van der Waals surface area contributed by atoms with Crippen molar-refractivity contribution in [2.75, 3.05) is 7.11 Å². The molecule has 0 aromatic carbocycles. The van der Waals surface area contributed by atoms with Crippen LogP contribution in [0.5, 0.6) is 5.75 Å². The maximum absolute atomic E-state index is 11.7. The number of aliphatic hydroxyl groups excluding tert-OH is 1. The molecule has 0 fully saturated rings. The van der Waals surface area contributed by atoms with Crippen molar-refractivity contribution < 1.29 is 19.7 Å². The number of aryl methyl sites for hydroxylation is 1. The third-order valence-electron chi connectivity index (χ3n) is 3.22. The summed E-state index contributed by atoms with van der Waals surface area (Å²) in [7, 11) is 1.34. The maximum atomic E-state index is 11.7. The van der Waals surface area contributed by atoms with Crippen molar-refractivity contribution in [3.63, 3.8) is 0 Å². The first-order valence-corrected chi connectivity index (χ1v) is 6.50. The Bertz CT molecular complexity index is 474. The Morgan fingerprint density at radius 2 is 2.15 bits per heavy atom. The molecule has 20 heavy (non-hydrogen) atoms. The summed E-state index contributed by atoms with van der Waals surface area (Å²) < 4.78 is 4.75. The number of aromatic hydroxyl groups is 1. The Kier molecular flexibility index (Phi) is 5.91. The number of methoxy groups -OCH3 is 1. The number of pyridine rings is 1. The van der Waals surface area contributed by atoms with Gasteiger partial charge in [-0.25, -0.2) is 0 Å². The number of hydrogen-bond donors (Lipinski definition) is 3. The van der Waals surface area contributed by atoms with Crippen LogP contribution in [0.3, 0.4) is 0 Å². The SMILES string of the molecule is COC(=O)C(NCc1c(CO)cnc(C)c1O)C(C)C. The molecular weight excluding hydrogens is 260 g/mol. The highest BCUT2D eigenvalue weighted by Gasteiger charge is 2.23. The van der Waals surface area contributed by atoms with E-state index in [9.17, 15) is 15.0 Å². The first-order valence-electron chi connectivity index (χ1n) is 6.50. The number of rotatable bonds is 6. The lowest BCUT2D eigenvalue weighted by Gasteiger charge is -2.21. The van der Waals surface area contributed by atoms with Gasteiger partial charge >= 0.3 is 5.97 Å². The molecule has 6 nitrogen and oxygen atoms in total. The summed E-state index contributed by atoms with van der Waals surface area (Å²) in [5.41, 5.74) is 1.57. The quantitative estimate of drug-likeness (QED) is 0.671. The molecular formula is C14H22N2O4. The van der Waals surface area contributed by atoms with Crippen LogP contribution in [0.15, 0.2) is 6.20 Å². The third-order valence-corrected chi connectivity index (χ3v) is 3.22. The monoisotopic (exact) mass is 282 g/mol. The maximum Gasteiger partial charge on any atom is 0.323 e. The molecule has 0 saturated carbocycles.